The Bertz CT molecular complexity index is 481. The van der Waals surface area contributed by atoms with Crippen LogP contribution in [0.3, 0.4) is 0 Å². The summed E-state index contributed by atoms with van der Waals surface area (Å²) in [5.41, 5.74) is 5.77. The number of nitrogens with one attached hydrogen (secondary N) is 1. The second-order valence-corrected chi connectivity index (χ2v) is 4.48. The molecule has 1 saturated carbocycles. The van der Waals surface area contributed by atoms with Crippen molar-refractivity contribution in [3.63, 3.8) is 0 Å². The molecule has 1 aromatic carbocycles. The van der Waals surface area contributed by atoms with E-state index >= 15 is 0 Å². The summed E-state index contributed by atoms with van der Waals surface area (Å²) in [5.74, 6) is -0.663. The van der Waals surface area contributed by atoms with Crippen LogP contribution in [0.25, 0.3) is 0 Å². The number of nitrogens with zero attached hydrogens (tertiary/aromatic N) is 1. The predicted octanol–water partition coefficient (Wildman–Crippen LogP) is 1.65. The number of nitro groups is 1. The van der Waals surface area contributed by atoms with E-state index < -0.39 is 10.7 Å². The van der Waals surface area contributed by atoms with Crippen LogP contribution < -0.4 is 11.1 Å². The van der Waals surface area contributed by atoms with Gasteiger partial charge in [-0.15, -0.1) is 0 Å². The van der Waals surface area contributed by atoms with Gasteiger partial charge in [-0.25, -0.2) is 4.39 Å². The van der Waals surface area contributed by atoms with Gasteiger partial charge >= 0.3 is 0 Å². The molecule has 0 spiro atoms. The van der Waals surface area contributed by atoms with Crippen molar-refractivity contribution in [3.8, 4) is 0 Å². The van der Waals surface area contributed by atoms with Gasteiger partial charge in [0.05, 0.1) is 28.8 Å². The van der Waals surface area contributed by atoms with Crippen LogP contribution in [0.5, 0.6) is 0 Å². The number of anilines is 1. The molecule has 1 aromatic rings. The first-order valence-corrected chi connectivity index (χ1v) is 6.10. The fourth-order valence-electron chi connectivity index (χ4n) is 2.14. The van der Waals surface area contributed by atoms with Crippen molar-refractivity contribution in [2.75, 3.05) is 11.9 Å². The van der Waals surface area contributed by atoms with Gasteiger partial charge in [0.15, 0.2) is 5.82 Å². The Morgan fingerprint density at radius 1 is 1.63 bits per heavy atom. The third-order valence-corrected chi connectivity index (χ3v) is 3.23. The van der Waals surface area contributed by atoms with Crippen molar-refractivity contribution in [2.24, 2.45) is 5.73 Å². The minimum atomic E-state index is -0.663. The molecule has 2 rings (SSSR count). The zero-order chi connectivity index (χ0) is 14.0. The van der Waals surface area contributed by atoms with E-state index in [1.54, 1.807) is 0 Å². The Kier molecular flexibility index (Phi) is 3.96. The third kappa shape index (κ3) is 2.82. The summed E-state index contributed by atoms with van der Waals surface area (Å²) in [6.45, 7) is 2.45. The second kappa shape index (κ2) is 5.50. The van der Waals surface area contributed by atoms with E-state index in [1.807, 2.05) is 6.92 Å². The number of nitrogens with two attached hydrogens (primary N) is 1. The van der Waals surface area contributed by atoms with Gasteiger partial charge in [-0.3, -0.25) is 10.1 Å². The molecule has 3 N–H and O–H groups in total. The average Bonchev–Trinajstić information content (AvgIpc) is 2.36. The highest BCUT2D eigenvalue weighted by Crippen LogP contribution is 2.28. The first-order chi connectivity index (χ1) is 9.02. The summed E-state index contributed by atoms with van der Waals surface area (Å²) >= 11 is 0. The van der Waals surface area contributed by atoms with Crippen molar-refractivity contribution in [3.05, 3.63) is 34.1 Å². The van der Waals surface area contributed by atoms with E-state index in [2.05, 4.69) is 5.32 Å². The smallest absolute Gasteiger partial charge is 0.272 e. The summed E-state index contributed by atoms with van der Waals surface area (Å²) in [5, 5.41) is 13.5. The molecule has 3 unspecified atom stereocenters. The van der Waals surface area contributed by atoms with Crippen molar-refractivity contribution < 1.29 is 14.1 Å². The van der Waals surface area contributed by atoms with Gasteiger partial charge in [-0.05, 0) is 19.4 Å². The summed E-state index contributed by atoms with van der Waals surface area (Å²) in [4.78, 5) is 9.89. The number of benzene rings is 1. The van der Waals surface area contributed by atoms with Gasteiger partial charge < -0.3 is 15.8 Å². The molecule has 0 radical (unpaired) electrons. The highest BCUT2D eigenvalue weighted by atomic mass is 19.1. The predicted molar refractivity (Wildman–Crippen MR) is 68.5 cm³/mol. The molecular weight excluding hydrogens is 253 g/mol. The molecule has 0 amide bonds. The minimum Gasteiger partial charge on any atom is -0.376 e. The fourth-order valence-corrected chi connectivity index (χ4v) is 2.14. The maximum atomic E-state index is 13.7. The lowest BCUT2D eigenvalue weighted by atomic mass is 9.83. The number of non-ortho nitro benzene ring substituents is 1. The van der Waals surface area contributed by atoms with E-state index in [0.29, 0.717) is 6.61 Å². The van der Waals surface area contributed by atoms with Crippen molar-refractivity contribution in [2.45, 2.75) is 31.5 Å². The number of halogens is 1. The number of hydrogen-bond donors (Lipinski definition) is 2. The molecule has 6 nitrogen and oxygen atoms in total. The number of ether oxygens (including phenoxy) is 1. The summed E-state index contributed by atoms with van der Waals surface area (Å²) in [6, 6.07) is 3.22. The van der Waals surface area contributed by atoms with Crippen molar-refractivity contribution in [1.29, 1.82) is 0 Å². The third-order valence-electron chi connectivity index (χ3n) is 3.23. The van der Waals surface area contributed by atoms with Crippen molar-refractivity contribution >= 4 is 11.4 Å². The molecular formula is C12H16FN3O3. The lowest BCUT2D eigenvalue weighted by Gasteiger charge is -2.43. The number of hydrogen-bond acceptors (Lipinski definition) is 5. The molecule has 19 heavy (non-hydrogen) atoms. The topological polar surface area (TPSA) is 90.4 Å². The second-order valence-electron chi connectivity index (χ2n) is 4.48. The van der Waals surface area contributed by atoms with Crippen molar-refractivity contribution in [1.82, 2.24) is 0 Å². The Morgan fingerprint density at radius 3 is 2.89 bits per heavy atom. The maximum absolute atomic E-state index is 13.7. The maximum Gasteiger partial charge on any atom is 0.272 e. The molecule has 0 aliphatic heterocycles. The molecule has 0 aromatic heterocycles. The molecule has 0 saturated heterocycles. The van der Waals surface area contributed by atoms with Gasteiger partial charge in [-0.2, -0.15) is 0 Å². The van der Waals surface area contributed by atoms with Gasteiger partial charge in [0.2, 0.25) is 0 Å². The van der Waals surface area contributed by atoms with Crippen LogP contribution in [-0.4, -0.2) is 29.7 Å². The van der Waals surface area contributed by atoms with E-state index in [9.17, 15) is 14.5 Å². The van der Waals surface area contributed by atoms with Gasteiger partial charge in [0, 0.05) is 18.7 Å². The molecule has 104 valence electrons. The first kappa shape index (κ1) is 13.7. The quantitative estimate of drug-likeness (QED) is 0.626. The molecule has 7 heteroatoms. The standard InChI is InChI=1S/C12H16FN3O3/c1-2-19-11-6-9(14)12(11)15-10-4-3-7(16(17)18)5-8(10)13/h3-5,9,11-12,15H,2,6,14H2,1H3. The van der Waals surface area contributed by atoms with Gasteiger partial charge in [0.1, 0.15) is 0 Å². The van der Waals surface area contributed by atoms with Crippen LogP contribution in [0.15, 0.2) is 18.2 Å². The summed E-state index contributed by atoms with van der Waals surface area (Å²) < 4.78 is 19.2. The zero-order valence-corrected chi connectivity index (χ0v) is 10.5. The van der Waals surface area contributed by atoms with Crippen LogP contribution in [0, 0.1) is 15.9 Å². The molecule has 1 aliphatic carbocycles. The molecule has 0 bridgehead atoms. The Labute approximate surface area is 109 Å². The summed E-state index contributed by atoms with van der Waals surface area (Å²) in [7, 11) is 0. The van der Waals surface area contributed by atoms with Crippen LogP contribution in [0.2, 0.25) is 0 Å². The van der Waals surface area contributed by atoms with Gasteiger partial charge in [0.25, 0.3) is 5.69 Å². The normalized spacial score (nSPS) is 25.7. The largest absolute Gasteiger partial charge is 0.376 e. The lowest BCUT2D eigenvalue weighted by Crippen LogP contribution is -2.60. The SMILES string of the molecule is CCOC1CC(N)C1Nc1ccc([N+](=O)[O-])cc1F. The van der Waals surface area contributed by atoms with Crippen LogP contribution in [0.4, 0.5) is 15.8 Å². The molecule has 1 fully saturated rings. The Balaban J connectivity index is 2.08. The fraction of sp³-hybridized carbons (Fsp3) is 0.500. The monoisotopic (exact) mass is 269 g/mol. The van der Waals surface area contributed by atoms with Crippen LogP contribution in [0.1, 0.15) is 13.3 Å². The average molecular weight is 269 g/mol. The zero-order valence-electron chi connectivity index (χ0n) is 10.5. The molecule has 0 heterocycles. The van der Waals surface area contributed by atoms with E-state index in [-0.39, 0.29) is 29.6 Å². The Morgan fingerprint density at radius 2 is 2.37 bits per heavy atom. The number of rotatable bonds is 5. The highest BCUT2D eigenvalue weighted by Gasteiger charge is 2.39. The highest BCUT2D eigenvalue weighted by molar-refractivity contribution is 5.51. The van der Waals surface area contributed by atoms with Gasteiger partial charge in [-0.1, -0.05) is 0 Å². The van der Waals surface area contributed by atoms with Crippen LogP contribution >= 0.6 is 0 Å². The minimum absolute atomic E-state index is 0.0467. The number of nitro benzene ring substituents is 1. The van der Waals surface area contributed by atoms with E-state index in [4.69, 9.17) is 10.5 Å². The lowest BCUT2D eigenvalue weighted by molar-refractivity contribution is -0.385. The Hall–Kier alpha value is -1.73. The van der Waals surface area contributed by atoms with Crippen LogP contribution in [-0.2, 0) is 4.74 Å². The molecule has 1 aliphatic rings. The van der Waals surface area contributed by atoms with E-state index in [1.165, 1.54) is 12.1 Å². The van der Waals surface area contributed by atoms with E-state index in [0.717, 1.165) is 12.5 Å². The molecule has 3 atom stereocenters. The first-order valence-electron chi connectivity index (χ1n) is 6.10. The summed E-state index contributed by atoms with van der Waals surface area (Å²) in [6.07, 6.45) is 0.676.